The van der Waals surface area contributed by atoms with Gasteiger partial charge >= 0.3 is 6.01 Å². The van der Waals surface area contributed by atoms with Crippen LogP contribution in [0, 0.1) is 6.92 Å². The first kappa shape index (κ1) is 18.1. The number of aryl methyl sites for hydroxylation is 1. The predicted octanol–water partition coefficient (Wildman–Crippen LogP) is 3.62. The number of rotatable bonds is 3. The summed E-state index contributed by atoms with van der Waals surface area (Å²) in [6.07, 6.45) is 4.36. The van der Waals surface area contributed by atoms with Crippen LogP contribution in [-0.4, -0.2) is 41.3 Å². The summed E-state index contributed by atoms with van der Waals surface area (Å²) in [5.41, 5.74) is 5.12. The van der Waals surface area contributed by atoms with E-state index in [0.717, 1.165) is 34.7 Å². The van der Waals surface area contributed by atoms with E-state index in [1.54, 1.807) is 10.8 Å². The zero-order valence-corrected chi connectivity index (χ0v) is 17.3. The Labute approximate surface area is 181 Å². The number of aromatic nitrogens is 7. The number of halogens is 1. The Morgan fingerprint density at radius 1 is 1.19 bits per heavy atom. The second kappa shape index (κ2) is 6.92. The van der Waals surface area contributed by atoms with Crippen molar-refractivity contribution in [1.82, 2.24) is 34.8 Å². The third-order valence-electron chi connectivity index (χ3n) is 5.44. The van der Waals surface area contributed by atoms with Crippen LogP contribution < -0.4 is 4.90 Å². The largest absolute Gasteiger partial charge is 0.402 e. The van der Waals surface area contributed by atoms with Crippen molar-refractivity contribution in [2.24, 2.45) is 0 Å². The number of nitrogens with one attached hydrogen (secondary N) is 1. The van der Waals surface area contributed by atoms with E-state index >= 15 is 0 Å². The van der Waals surface area contributed by atoms with Crippen LogP contribution in [0.2, 0.25) is 5.02 Å². The average molecular weight is 433 g/mol. The molecule has 0 saturated heterocycles. The summed E-state index contributed by atoms with van der Waals surface area (Å²) in [7, 11) is 0. The summed E-state index contributed by atoms with van der Waals surface area (Å²) in [6, 6.07) is 11.5. The van der Waals surface area contributed by atoms with Crippen LogP contribution in [0.25, 0.3) is 17.1 Å². The van der Waals surface area contributed by atoms with Crippen LogP contribution in [0.4, 0.5) is 6.01 Å². The first-order valence-electron chi connectivity index (χ1n) is 9.87. The molecular formula is C21H17ClN8O. The first-order chi connectivity index (χ1) is 15.2. The van der Waals surface area contributed by atoms with E-state index in [2.05, 4.69) is 25.1 Å². The van der Waals surface area contributed by atoms with Gasteiger partial charge in [-0.3, -0.25) is 0 Å². The molecule has 9 nitrogen and oxygen atoms in total. The van der Waals surface area contributed by atoms with Crippen LogP contribution >= 0.6 is 11.6 Å². The molecule has 1 aliphatic heterocycles. The number of H-pyrrole nitrogens is 1. The van der Waals surface area contributed by atoms with Gasteiger partial charge in [0.1, 0.15) is 11.7 Å². The minimum atomic E-state index is -0.287. The molecule has 0 saturated carbocycles. The summed E-state index contributed by atoms with van der Waals surface area (Å²) < 4.78 is 7.82. The summed E-state index contributed by atoms with van der Waals surface area (Å²) in [5.74, 6) is 0.378. The molecule has 154 valence electrons. The Morgan fingerprint density at radius 3 is 3.00 bits per heavy atom. The fourth-order valence-electron chi connectivity index (χ4n) is 4.01. The van der Waals surface area contributed by atoms with E-state index in [9.17, 15) is 0 Å². The highest BCUT2D eigenvalue weighted by atomic mass is 35.5. The van der Waals surface area contributed by atoms with Crippen LogP contribution in [-0.2, 0) is 6.42 Å². The highest BCUT2D eigenvalue weighted by Gasteiger charge is 2.36. The van der Waals surface area contributed by atoms with Crippen molar-refractivity contribution in [2.45, 2.75) is 19.4 Å². The second-order valence-corrected chi connectivity index (χ2v) is 7.83. The Bertz CT molecular complexity index is 1400. The molecule has 0 unspecified atom stereocenters. The molecule has 0 aromatic carbocycles. The molecule has 0 bridgehead atoms. The average Bonchev–Trinajstić information content (AvgIpc) is 3.52. The smallest absolute Gasteiger partial charge is 0.319 e. The lowest BCUT2D eigenvalue weighted by molar-refractivity contribution is 0.502. The Kier molecular flexibility index (Phi) is 4.03. The summed E-state index contributed by atoms with van der Waals surface area (Å²) in [6.45, 7) is 2.60. The number of pyridine rings is 2. The molecule has 0 radical (unpaired) electrons. The Morgan fingerprint density at radius 2 is 2.13 bits per heavy atom. The van der Waals surface area contributed by atoms with Crippen molar-refractivity contribution in [3.8, 4) is 11.6 Å². The van der Waals surface area contributed by atoms with Crippen LogP contribution in [0.3, 0.4) is 0 Å². The van der Waals surface area contributed by atoms with Gasteiger partial charge in [0.05, 0.1) is 28.3 Å². The summed E-state index contributed by atoms with van der Waals surface area (Å²) in [5, 5.41) is 14.0. The molecule has 6 heterocycles. The van der Waals surface area contributed by atoms with Gasteiger partial charge in [-0.25, -0.2) is 14.5 Å². The molecule has 0 spiro atoms. The van der Waals surface area contributed by atoms with E-state index < -0.39 is 0 Å². The van der Waals surface area contributed by atoms with Crippen LogP contribution in [0.1, 0.15) is 28.8 Å². The minimum Gasteiger partial charge on any atom is -0.402 e. The van der Waals surface area contributed by atoms with E-state index in [0.29, 0.717) is 29.2 Å². The van der Waals surface area contributed by atoms with Crippen molar-refractivity contribution < 1.29 is 4.42 Å². The van der Waals surface area contributed by atoms with Crippen molar-refractivity contribution in [3.05, 3.63) is 76.7 Å². The number of aromatic amines is 1. The Hall–Kier alpha value is -3.72. The SMILES string of the molecule is Cc1cccc(-c2nnc(N3CCc4[nH]cnc4[C@H]3c3cc4c(Cl)cccn4n3)o2)n1. The molecule has 1 aliphatic rings. The number of anilines is 1. The van der Waals surface area contributed by atoms with Gasteiger partial charge in [-0.15, -0.1) is 5.10 Å². The van der Waals surface area contributed by atoms with Crippen LogP contribution in [0.15, 0.2) is 53.3 Å². The number of imidazole rings is 1. The summed E-state index contributed by atoms with van der Waals surface area (Å²) >= 11 is 6.38. The fraction of sp³-hybridized carbons (Fsp3) is 0.190. The number of fused-ring (bicyclic) bond motifs is 2. The monoisotopic (exact) mass is 432 g/mol. The van der Waals surface area contributed by atoms with Crippen molar-refractivity contribution >= 4 is 23.1 Å². The molecule has 1 atom stereocenters. The molecule has 5 aromatic heterocycles. The molecule has 5 aromatic rings. The lowest BCUT2D eigenvalue weighted by Gasteiger charge is -2.32. The number of nitrogens with zero attached hydrogens (tertiary/aromatic N) is 7. The highest BCUT2D eigenvalue weighted by Crippen LogP contribution is 2.37. The lowest BCUT2D eigenvalue weighted by atomic mass is 10.0. The van der Waals surface area contributed by atoms with Gasteiger partial charge < -0.3 is 14.3 Å². The maximum Gasteiger partial charge on any atom is 0.319 e. The van der Waals surface area contributed by atoms with Gasteiger partial charge in [-0.05, 0) is 37.3 Å². The van der Waals surface area contributed by atoms with Crippen molar-refractivity contribution in [3.63, 3.8) is 0 Å². The number of hydrogen-bond donors (Lipinski definition) is 1. The third kappa shape index (κ3) is 2.97. The minimum absolute atomic E-state index is 0.287. The molecule has 0 fully saturated rings. The fourth-order valence-corrected chi connectivity index (χ4v) is 4.23. The third-order valence-corrected chi connectivity index (χ3v) is 5.76. The molecule has 0 aliphatic carbocycles. The topological polar surface area (TPSA) is 101 Å². The van der Waals surface area contributed by atoms with E-state index in [1.165, 1.54) is 0 Å². The van der Waals surface area contributed by atoms with Crippen molar-refractivity contribution in [1.29, 1.82) is 0 Å². The van der Waals surface area contributed by atoms with Gasteiger partial charge in [0, 0.05) is 30.6 Å². The molecule has 6 rings (SSSR count). The standard InChI is InChI=1S/C21H17ClN8O/c1-12-4-2-6-15(25-12)20-26-27-21(31-20)29-9-7-14-18(24-11-23-14)19(29)16-10-17-13(22)5-3-8-30(17)28-16/h2-6,8,10-11,19H,7,9H2,1H3,(H,23,24)/t19-/m1/s1. The molecule has 31 heavy (non-hydrogen) atoms. The van der Waals surface area contributed by atoms with E-state index in [1.807, 2.05) is 54.4 Å². The van der Waals surface area contributed by atoms with Crippen LogP contribution in [0.5, 0.6) is 0 Å². The quantitative estimate of drug-likeness (QED) is 0.464. The first-order valence-corrected chi connectivity index (χ1v) is 10.3. The second-order valence-electron chi connectivity index (χ2n) is 7.42. The zero-order valence-electron chi connectivity index (χ0n) is 16.5. The number of hydrogen-bond acceptors (Lipinski definition) is 7. The van der Waals surface area contributed by atoms with Gasteiger partial charge in [0.2, 0.25) is 0 Å². The maximum atomic E-state index is 6.38. The van der Waals surface area contributed by atoms with Gasteiger partial charge in [0.25, 0.3) is 5.89 Å². The van der Waals surface area contributed by atoms with Gasteiger partial charge in [-0.1, -0.05) is 22.8 Å². The van der Waals surface area contributed by atoms with Gasteiger partial charge in [-0.2, -0.15) is 5.10 Å². The normalized spacial score (nSPS) is 16.1. The summed E-state index contributed by atoms with van der Waals surface area (Å²) in [4.78, 5) is 14.3. The zero-order chi connectivity index (χ0) is 20.9. The lowest BCUT2D eigenvalue weighted by Crippen LogP contribution is -2.36. The van der Waals surface area contributed by atoms with E-state index in [4.69, 9.17) is 21.1 Å². The highest BCUT2D eigenvalue weighted by molar-refractivity contribution is 6.33. The molecule has 1 N–H and O–H groups in total. The molecular weight excluding hydrogens is 416 g/mol. The molecule has 0 amide bonds. The van der Waals surface area contributed by atoms with Crippen molar-refractivity contribution in [2.75, 3.05) is 11.4 Å². The van der Waals surface area contributed by atoms with E-state index in [-0.39, 0.29) is 6.04 Å². The maximum absolute atomic E-state index is 6.38. The molecule has 10 heteroatoms. The predicted molar refractivity (Wildman–Crippen MR) is 114 cm³/mol. The van der Waals surface area contributed by atoms with Gasteiger partial charge in [0.15, 0.2) is 0 Å². The Balaban J connectivity index is 1.45.